The first-order valence-corrected chi connectivity index (χ1v) is 9.10. The zero-order valence-corrected chi connectivity index (χ0v) is 16.2. The molecule has 0 radical (unpaired) electrons. The summed E-state index contributed by atoms with van der Waals surface area (Å²) in [6.07, 6.45) is 0.456. The van der Waals surface area contributed by atoms with Gasteiger partial charge in [-0.2, -0.15) is 5.10 Å². The van der Waals surface area contributed by atoms with Crippen molar-refractivity contribution in [3.63, 3.8) is 0 Å². The van der Waals surface area contributed by atoms with Crippen molar-refractivity contribution >= 4 is 40.8 Å². The van der Waals surface area contributed by atoms with Crippen LogP contribution in [0.4, 0.5) is 5.69 Å². The second kappa shape index (κ2) is 8.67. The number of aliphatic imine (C=N–C) groups is 1. The van der Waals surface area contributed by atoms with Crippen molar-refractivity contribution in [2.45, 2.75) is 26.3 Å². The quantitative estimate of drug-likeness (QED) is 0.534. The van der Waals surface area contributed by atoms with Crippen molar-refractivity contribution in [1.29, 1.82) is 0 Å². The van der Waals surface area contributed by atoms with Gasteiger partial charge in [-0.3, -0.25) is 14.9 Å². The van der Waals surface area contributed by atoms with Gasteiger partial charge in [0.25, 0.3) is 11.8 Å². The lowest BCUT2D eigenvalue weighted by molar-refractivity contribution is -0.120. The van der Waals surface area contributed by atoms with Gasteiger partial charge in [0.15, 0.2) is 0 Å². The zero-order valence-electron chi connectivity index (χ0n) is 15.5. The van der Waals surface area contributed by atoms with Crippen LogP contribution in [-0.4, -0.2) is 29.5 Å². The first-order valence-electron chi connectivity index (χ1n) is 8.72. The number of guanidine groups is 1. The maximum Gasteiger partial charge on any atom is 0.255 e. The summed E-state index contributed by atoms with van der Waals surface area (Å²) in [5.41, 5.74) is 5.68. The fraction of sp³-hybridized carbons (Fsp3) is 0.200. The average Bonchev–Trinajstić information content (AvgIpc) is 3.01. The van der Waals surface area contributed by atoms with E-state index in [4.69, 9.17) is 11.6 Å². The number of hydrogen-bond acceptors (Lipinski definition) is 5. The number of rotatable bonds is 5. The Morgan fingerprint density at radius 3 is 2.46 bits per heavy atom. The molecular weight excluding hydrogens is 378 g/mol. The molecule has 1 atom stereocenters. The molecule has 1 heterocycles. The van der Waals surface area contributed by atoms with E-state index in [2.05, 4.69) is 26.2 Å². The molecule has 8 heteroatoms. The van der Waals surface area contributed by atoms with Gasteiger partial charge in [-0.25, -0.2) is 10.4 Å². The SMILES string of the molecule is CC(C)=NNC1=NC(Cc2ccc(NC(=O)c3ccc(Cl)cc3)cc2)C(=O)N1. The number of hydrazone groups is 1. The van der Waals surface area contributed by atoms with Gasteiger partial charge in [-0.15, -0.1) is 0 Å². The van der Waals surface area contributed by atoms with Crippen molar-refractivity contribution in [1.82, 2.24) is 10.7 Å². The van der Waals surface area contributed by atoms with Crippen LogP contribution in [0.1, 0.15) is 29.8 Å². The van der Waals surface area contributed by atoms with Crippen LogP contribution < -0.4 is 16.1 Å². The summed E-state index contributed by atoms with van der Waals surface area (Å²) < 4.78 is 0. The maximum absolute atomic E-state index is 12.2. The molecule has 3 N–H and O–H groups in total. The number of amides is 2. The Morgan fingerprint density at radius 2 is 1.82 bits per heavy atom. The monoisotopic (exact) mass is 397 g/mol. The highest BCUT2D eigenvalue weighted by atomic mass is 35.5. The molecule has 144 valence electrons. The average molecular weight is 398 g/mol. The molecule has 7 nitrogen and oxygen atoms in total. The molecule has 2 amide bonds. The van der Waals surface area contributed by atoms with Crippen LogP contribution in [0.15, 0.2) is 58.6 Å². The summed E-state index contributed by atoms with van der Waals surface area (Å²) in [6, 6.07) is 13.5. The van der Waals surface area contributed by atoms with Gasteiger partial charge in [0, 0.05) is 28.4 Å². The van der Waals surface area contributed by atoms with Gasteiger partial charge in [-0.1, -0.05) is 23.7 Å². The van der Waals surface area contributed by atoms with E-state index in [1.54, 1.807) is 36.4 Å². The minimum absolute atomic E-state index is 0.174. The van der Waals surface area contributed by atoms with Crippen molar-refractivity contribution < 1.29 is 9.59 Å². The van der Waals surface area contributed by atoms with E-state index in [0.29, 0.717) is 28.7 Å². The van der Waals surface area contributed by atoms with E-state index in [1.165, 1.54) is 0 Å². The van der Waals surface area contributed by atoms with Gasteiger partial charge < -0.3 is 5.32 Å². The van der Waals surface area contributed by atoms with E-state index in [9.17, 15) is 9.59 Å². The lowest BCUT2D eigenvalue weighted by Gasteiger charge is -2.08. The van der Waals surface area contributed by atoms with Gasteiger partial charge in [0.05, 0.1) is 0 Å². The van der Waals surface area contributed by atoms with Crippen molar-refractivity contribution in [2.75, 3.05) is 5.32 Å². The van der Waals surface area contributed by atoms with E-state index in [-0.39, 0.29) is 11.8 Å². The normalized spacial score (nSPS) is 15.5. The van der Waals surface area contributed by atoms with Gasteiger partial charge in [-0.05, 0) is 55.8 Å². The number of anilines is 1. The lowest BCUT2D eigenvalue weighted by Crippen LogP contribution is -2.35. The van der Waals surface area contributed by atoms with E-state index >= 15 is 0 Å². The van der Waals surface area contributed by atoms with E-state index in [1.807, 2.05) is 26.0 Å². The highest BCUT2D eigenvalue weighted by Crippen LogP contribution is 2.16. The second-order valence-electron chi connectivity index (χ2n) is 6.52. The first kappa shape index (κ1) is 19.6. The third kappa shape index (κ3) is 5.17. The van der Waals surface area contributed by atoms with Crippen molar-refractivity contribution in [3.05, 3.63) is 64.7 Å². The van der Waals surface area contributed by atoms with Gasteiger partial charge in [0.1, 0.15) is 6.04 Å². The van der Waals surface area contributed by atoms with Crippen LogP contribution >= 0.6 is 11.6 Å². The van der Waals surface area contributed by atoms with E-state index in [0.717, 1.165) is 11.3 Å². The Morgan fingerprint density at radius 1 is 1.14 bits per heavy atom. The Kier molecular flexibility index (Phi) is 6.06. The molecule has 2 aromatic carbocycles. The molecule has 0 spiro atoms. The summed E-state index contributed by atoms with van der Waals surface area (Å²) in [7, 11) is 0. The summed E-state index contributed by atoms with van der Waals surface area (Å²) >= 11 is 5.83. The topological polar surface area (TPSA) is 94.9 Å². The van der Waals surface area contributed by atoms with Crippen LogP contribution in [0.5, 0.6) is 0 Å². The minimum atomic E-state index is -0.510. The largest absolute Gasteiger partial charge is 0.322 e. The predicted molar refractivity (Wildman–Crippen MR) is 111 cm³/mol. The molecule has 28 heavy (non-hydrogen) atoms. The van der Waals surface area contributed by atoms with Gasteiger partial charge >= 0.3 is 0 Å². The molecule has 0 fully saturated rings. The van der Waals surface area contributed by atoms with Gasteiger partial charge in [0.2, 0.25) is 5.96 Å². The number of hydrogen-bond donors (Lipinski definition) is 3. The third-order valence-electron chi connectivity index (χ3n) is 3.96. The van der Waals surface area contributed by atoms with Crippen LogP contribution in [0.25, 0.3) is 0 Å². The Balaban J connectivity index is 1.60. The van der Waals surface area contributed by atoms with Crippen molar-refractivity contribution in [3.8, 4) is 0 Å². The van der Waals surface area contributed by atoms with Crippen LogP contribution in [0.2, 0.25) is 5.02 Å². The molecular formula is C20H20ClN5O2. The number of benzene rings is 2. The number of nitrogens with zero attached hydrogens (tertiary/aromatic N) is 2. The van der Waals surface area contributed by atoms with E-state index < -0.39 is 6.04 Å². The summed E-state index contributed by atoms with van der Waals surface area (Å²) in [6.45, 7) is 3.68. The molecule has 3 rings (SSSR count). The number of carbonyl (C=O) groups is 2. The first-order chi connectivity index (χ1) is 13.4. The maximum atomic E-state index is 12.2. The zero-order chi connectivity index (χ0) is 20.1. The molecule has 0 aromatic heterocycles. The Bertz CT molecular complexity index is 932. The molecule has 1 unspecified atom stereocenters. The highest BCUT2D eigenvalue weighted by molar-refractivity contribution is 6.30. The van der Waals surface area contributed by atoms with Crippen LogP contribution in [-0.2, 0) is 11.2 Å². The fourth-order valence-corrected chi connectivity index (χ4v) is 2.68. The van der Waals surface area contributed by atoms with Crippen molar-refractivity contribution in [2.24, 2.45) is 10.1 Å². The third-order valence-corrected chi connectivity index (χ3v) is 4.21. The number of carbonyl (C=O) groups excluding carboxylic acids is 2. The summed E-state index contributed by atoms with van der Waals surface area (Å²) in [5, 5.41) is 10.1. The Labute approximate surface area is 167 Å². The molecule has 0 bridgehead atoms. The minimum Gasteiger partial charge on any atom is -0.322 e. The smallest absolute Gasteiger partial charge is 0.255 e. The summed E-state index contributed by atoms with van der Waals surface area (Å²) in [5.74, 6) is -0.0405. The number of halogens is 1. The molecule has 2 aromatic rings. The molecule has 0 aliphatic carbocycles. The Hall–Kier alpha value is -3.19. The predicted octanol–water partition coefficient (Wildman–Crippen LogP) is 2.97. The number of nitrogens with one attached hydrogen (secondary N) is 3. The molecule has 0 saturated heterocycles. The fourth-order valence-electron chi connectivity index (χ4n) is 2.56. The van der Waals surface area contributed by atoms with Crippen LogP contribution in [0.3, 0.4) is 0 Å². The molecule has 1 aliphatic rings. The molecule has 1 aliphatic heterocycles. The lowest BCUT2D eigenvalue weighted by atomic mass is 10.1. The standard InChI is InChI=1S/C20H20ClN5O2/c1-12(2)25-26-20-23-17(19(28)24-20)11-13-3-9-16(10-4-13)22-18(27)14-5-7-15(21)8-6-14/h3-10,17H,11H2,1-2H3,(H,22,27)(H2,23,24,26,28). The summed E-state index contributed by atoms with van der Waals surface area (Å²) in [4.78, 5) is 28.6. The second-order valence-corrected chi connectivity index (χ2v) is 6.95. The highest BCUT2D eigenvalue weighted by Gasteiger charge is 2.26. The molecule has 0 saturated carbocycles. The van der Waals surface area contributed by atoms with Crippen LogP contribution in [0, 0.1) is 0 Å².